The quantitative estimate of drug-likeness (QED) is 0.323. The smallest absolute Gasteiger partial charge is 0.419 e. The van der Waals surface area contributed by atoms with E-state index in [1.807, 2.05) is 0 Å². The van der Waals surface area contributed by atoms with Crippen molar-refractivity contribution in [2.45, 2.75) is 36.3 Å². The summed E-state index contributed by atoms with van der Waals surface area (Å²) >= 11 is 7.14. The molecule has 4 rings (SSSR count). The first kappa shape index (κ1) is 27.2. The molecular weight excluding hydrogens is 551 g/mol. The third-order valence-corrected chi connectivity index (χ3v) is 8.88. The molecule has 0 bridgehead atoms. The largest absolute Gasteiger partial charge is 0.485 e. The van der Waals surface area contributed by atoms with Crippen LogP contribution in [0, 0.1) is 0 Å². The molecule has 0 radical (unpaired) electrons. The third kappa shape index (κ3) is 6.38. The molecule has 13 heteroatoms. The standard InChI is InChI=1S/C24H23ClF3N3O4S2/c1-14(32)30-16-5-3-15(4-6-16)18-12-21(36-22(18)25)37(33,34)31-17-7-8-19(24(26,27)28)20(11-17)35-23(2)9-10-29-13-23/h3-8,11-12,29,31H,9-10,13H2,1-2H3,(H,30,32)/t23-/m1/s1. The fourth-order valence-corrected chi connectivity index (χ4v) is 6.68. The highest BCUT2D eigenvalue weighted by molar-refractivity contribution is 7.94. The van der Waals surface area contributed by atoms with Crippen molar-refractivity contribution in [2.24, 2.45) is 0 Å². The van der Waals surface area contributed by atoms with Gasteiger partial charge in [0.1, 0.15) is 19.9 Å². The minimum absolute atomic E-state index is 0.0803. The van der Waals surface area contributed by atoms with E-state index in [2.05, 4.69) is 15.4 Å². The van der Waals surface area contributed by atoms with E-state index in [0.717, 1.165) is 29.5 Å². The lowest BCUT2D eigenvalue weighted by Crippen LogP contribution is -2.35. The van der Waals surface area contributed by atoms with Gasteiger partial charge in [-0.3, -0.25) is 9.52 Å². The van der Waals surface area contributed by atoms with Crippen molar-refractivity contribution in [3.05, 3.63) is 58.4 Å². The van der Waals surface area contributed by atoms with Gasteiger partial charge < -0.3 is 15.4 Å². The van der Waals surface area contributed by atoms with Gasteiger partial charge in [-0.05, 0) is 49.4 Å². The Hall–Kier alpha value is -2.80. The fourth-order valence-electron chi connectivity index (χ4n) is 3.87. The van der Waals surface area contributed by atoms with Crippen LogP contribution in [-0.2, 0) is 21.0 Å². The van der Waals surface area contributed by atoms with Crippen molar-refractivity contribution < 1.29 is 31.1 Å². The minimum Gasteiger partial charge on any atom is -0.485 e. The van der Waals surface area contributed by atoms with Crippen LogP contribution in [0.1, 0.15) is 25.8 Å². The second-order valence-electron chi connectivity index (χ2n) is 8.80. The molecule has 1 aliphatic rings. The number of sulfonamides is 1. The lowest BCUT2D eigenvalue weighted by Gasteiger charge is -2.27. The second-order valence-corrected chi connectivity index (χ2v) is 12.4. The van der Waals surface area contributed by atoms with Crippen LogP contribution in [0.3, 0.4) is 0 Å². The maximum atomic E-state index is 13.6. The zero-order valence-electron chi connectivity index (χ0n) is 19.7. The third-order valence-electron chi connectivity index (χ3n) is 5.67. The van der Waals surface area contributed by atoms with Crippen LogP contribution in [0.2, 0.25) is 4.34 Å². The zero-order chi connectivity index (χ0) is 27.0. The summed E-state index contributed by atoms with van der Waals surface area (Å²) in [5, 5.41) is 5.69. The van der Waals surface area contributed by atoms with Crippen molar-refractivity contribution in [1.82, 2.24) is 5.32 Å². The van der Waals surface area contributed by atoms with Gasteiger partial charge in [-0.1, -0.05) is 23.7 Å². The Morgan fingerprint density at radius 2 is 1.81 bits per heavy atom. The Labute approximate surface area is 221 Å². The van der Waals surface area contributed by atoms with E-state index in [1.165, 1.54) is 13.0 Å². The molecule has 1 atom stereocenters. The predicted octanol–water partition coefficient (Wildman–Crippen LogP) is 5.98. The topological polar surface area (TPSA) is 96.5 Å². The maximum absolute atomic E-state index is 13.6. The van der Waals surface area contributed by atoms with Crippen molar-refractivity contribution in [3.63, 3.8) is 0 Å². The predicted molar refractivity (Wildman–Crippen MR) is 138 cm³/mol. The molecule has 37 heavy (non-hydrogen) atoms. The van der Waals surface area contributed by atoms with Gasteiger partial charge in [-0.15, -0.1) is 11.3 Å². The first-order valence-corrected chi connectivity index (χ1v) is 13.7. The summed E-state index contributed by atoms with van der Waals surface area (Å²) in [5.41, 5.74) is -0.279. The molecule has 2 aromatic carbocycles. The number of carbonyl (C=O) groups is 1. The molecule has 0 saturated carbocycles. The molecule has 198 valence electrons. The summed E-state index contributed by atoms with van der Waals surface area (Å²) in [6.45, 7) is 4.04. The summed E-state index contributed by atoms with van der Waals surface area (Å²) in [7, 11) is -4.18. The SMILES string of the molecule is CC(=O)Nc1ccc(-c2cc(S(=O)(=O)Nc3ccc(C(F)(F)F)c(O[C@]4(C)CCNC4)c3)sc2Cl)cc1. The average molecular weight is 574 g/mol. The molecule has 3 N–H and O–H groups in total. The molecule has 7 nitrogen and oxygen atoms in total. The molecular formula is C24H23ClF3N3O4S2. The number of hydrogen-bond acceptors (Lipinski definition) is 6. The van der Waals surface area contributed by atoms with E-state index >= 15 is 0 Å². The van der Waals surface area contributed by atoms with Gasteiger partial charge in [0, 0.05) is 37.2 Å². The van der Waals surface area contributed by atoms with Crippen LogP contribution >= 0.6 is 22.9 Å². The van der Waals surface area contributed by atoms with Crippen LogP contribution in [0.5, 0.6) is 5.75 Å². The normalized spacial score (nSPS) is 18.0. The molecule has 1 fully saturated rings. The molecule has 1 aromatic heterocycles. The number of ether oxygens (including phenoxy) is 1. The number of rotatable bonds is 7. The van der Waals surface area contributed by atoms with E-state index in [9.17, 15) is 26.4 Å². The van der Waals surface area contributed by atoms with E-state index < -0.39 is 33.1 Å². The Morgan fingerprint density at radius 1 is 1.14 bits per heavy atom. The van der Waals surface area contributed by atoms with Crippen molar-refractivity contribution >= 4 is 50.2 Å². The number of halogens is 4. The molecule has 2 heterocycles. The number of hydrogen-bond donors (Lipinski definition) is 3. The fraction of sp³-hybridized carbons (Fsp3) is 0.292. The Morgan fingerprint density at radius 3 is 2.41 bits per heavy atom. The van der Waals surface area contributed by atoms with Crippen LogP contribution in [0.15, 0.2) is 52.7 Å². The van der Waals surface area contributed by atoms with Crippen molar-refractivity contribution in [2.75, 3.05) is 23.1 Å². The van der Waals surface area contributed by atoms with Gasteiger partial charge >= 0.3 is 6.18 Å². The molecule has 0 spiro atoms. The van der Waals surface area contributed by atoms with E-state index in [0.29, 0.717) is 36.3 Å². The summed E-state index contributed by atoms with van der Waals surface area (Å²) < 4.78 is 75.2. The van der Waals surface area contributed by atoms with E-state index in [-0.39, 0.29) is 20.1 Å². The molecule has 0 aliphatic carbocycles. The van der Waals surface area contributed by atoms with Gasteiger partial charge in [0.25, 0.3) is 10.0 Å². The highest BCUT2D eigenvalue weighted by atomic mass is 35.5. The number of carbonyl (C=O) groups excluding carboxylic acids is 1. The highest BCUT2D eigenvalue weighted by Gasteiger charge is 2.38. The van der Waals surface area contributed by atoms with Gasteiger partial charge in [-0.2, -0.15) is 13.2 Å². The van der Waals surface area contributed by atoms with Crippen LogP contribution in [0.25, 0.3) is 11.1 Å². The Balaban J connectivity index is 1.61. The van der Waals surface area contributed by atoms with Crippen LogP contribution in [-0.4, -0.2) is 33.0 Å². The molecule has 1 saturated heterocycles. The number of alkyl halides is 3. The number of nitrogens with one attached hydrogen (secondary N) is 3. The van der Waals surface area contributed by atoms with Gasteiger partial charge in [0.15, 0.2) is 0 Å². The first-order chi connectivity index (χ1) is 17.3. The zero-order valence-corrected chi connectivity index (χ0v) is 22.1. The lowest BCUT2D eigenvalue weighted by atomic mass is 10.1. The Bertz CT molecular complexity index is 1420. The summed E-state index contributed by atoms with van der Waals surface area (Å²) in [4.78, 5) is 11.2. The van der Waals surface area contributed by atoms with Crippen LogP contribution in [0.4, 0.5) is 24.5 Å². The number of thiophene rings is 1. The van der Waals surface area contributed by atoms with Gasteiger partial charge in [0.2, 0.25) is 5.91 Å². The Kier molecular flexibility index (Phi) is 7.48. The van der Waals surface area contributed by atoms with Gasteiger partial charge in [-0.25, -0.2) is 8.42 Å². The first-order valence-electron chi connectivity index (χ1n) is 11.1. The van der Waals surface area contributed by atoms with Crippen molar-refractivity contribution in [3.8, 4) is 16.9 Å². The second kappa shape index (κ2) is 10.2. The number of benzene rings is 2. The van der Waals surface area contributed by atoms with Crippen LogP contribution < -0.4 is 20.1 Å². The monoisotopic (exact) mass is 573 g/mol. The number of amides is 1. The molecule has 0 unspecified atom stereocenters. The average Bonchev–Trinajstić information content (AvgIpc) is 3.39. The summed E-state index contributed by atoms with van der Waals surface area (Å²) in [6, 6.07) is 10.9. The minimum atomic E-state index is -4.68. The number of anilines is 2. The maximum Gasteiger partial charge on any atom is 0.419 e. The highest BCUT2D eigenvalue weighted by Crippen LogP contribution is 2.41. The molecule has 3 aromatic rings. The van der Waals surface area contributed by atoms with E-state index in [4.69, 9.17) is 16.3 Å². The molecule has 1 aliphatic heterocycles. The summed E-state index contributed by atoms with van der Waals surface area (Å²) in [5.74, 6) is -0.685. The summed E-state index contributed by atoms with van der Waals surface area (Å²) in [6.07, 6.45) is -4.18. The van der Waals surface area contributed by atoms with Crippen molar-refractivity contribution in [1.29, 1.82) is 0 Å². The van der Waals surface area contributed by atoms with E-state index in [1.54, 1.807) is 31.2 Å². The molecule has 1 amide bonds. The van der Waals surface area contributed by atoms with Gasteiger partial charge in [0.05, 0.1) is 11.3 Å². The lowest BCUT2D eigenvalue weighted by molar-refractivity contribution is -0.139.